The van der Waals surface area contributed by atoms with Crippen LogP contribution in [0.1, 0.15) is 87.6 Å². The van der Waals surface area contributed by atoms with Gasteiger partial charge in [-0.3, -0.25) is 9.05 Å². The quantitative estimate of drug-likeness (QED) is 0.189. The molecule has 0 radical (unpaired) electrons. The Morgan fingerprint density at radius 2 is 1.00 bits per heavy atom. The summed E-state index contributed by atoms with van der Waals surface area (Å²) in [6.07, 6.45) is 8.56. The molecule has 0 amide bonds. The monoisotopic (exact) mass is 546 g/mol. The van der Waals surface area contributed by atoms with E-state index in [0.29, 0.717) is 25.0 Å². The van der Waals surface area contributed by atoms with Gasteiger partial charge in [-0.1, -0.05) is 66.2 Å². The van der Waals surface area contributed by atoms with Crippen molar-refractivity contribution in [2.24, 2.45) is 11.8 Å². The van der Waals surface area contributed by atoms with Crippen molar-refractivity contribution < 1.29 is 46.3 Å². The van der Waals surface area contributed by atoms with Gasteiger partial charge in [-0.25, -0.2) is 9.13 Å². The van der Waals surface area contributed by atoms with E-state index >= 15 is 0 Å². The third-order valence-corrected chi connectivity index (χ3v) is 4.98. The molecule has 8 nitrogen and oxygen atoms in total. The Morgan fingerprint density at radius 1 is 0.724 bits per heavy atom. The largest absolute Gasteiger partial charge is 2.00 e. The van der Waals surface area contributed by atoms with Crippen molar-refractivity contribution in [3.05, 3.63) is 0 Å². The number of phosphoric acid groups is 2. The van der Waals surface area contributed by atoms with Crippen LogP contribution in [0.5, 0.6) is 0 Å². The van der Waals surface area contributed by atoms with E-state index < -0.39 is 15.6 Å². The first-order valence-corrected chi connectivity index (χ1v) is 12.4. The predicted molar refractivity (Wildman–Crippen MR) is 127 cm³/mol. The Bertz CT molecular complexity index is 418. The smallest absolute Gasteiger partial charge is 1.00 e. The molecule has 0 saturated heterocycles. The third-order valence-electron chi connectivity index (χ3n) is 4.03. The van der Waals surface area contributed by atoms with Crippen LogP contribution in [0, 0.1) is 11.8 Å². The molecular weight excluding hydrogens is 502 g/mol. The van der Waals surface area contributed by atoms with Crippen LogP contribution in [0.15, 0.2) is 0 Å². The van der Waals surface area contributed by atoms with Gasteiger partial charge in [0, 0.05) is 0 Å². The van der Waals surface area contributed by atoms with E-state index in [0.717, 1.165) is 51.4 Å². The molecular formula is C16H44Ca3O8P2. The van der Waals surface area contributed by atoms with Gasteiger partial charge in [0.05, 0.1) is 13.2 Å². The van der Waals surface area contributed by atoms with Gasteiger partial charge in [0.25, 0.3) is 0 Å². The van der Waals surface area contributed by atoms with Gasteiger partial charge in [0.2, 0.25) is 0 Å². The molecule has 2 unspecified atom stereocenters. The van der Waals surface area contributed by atoms with Crippen molar-refractivity contribution >= 4 is 129 Å². The minimum Gasteiger partial charge on any atom is -1.00 e. The molecule has 172 valence electrons. The van der Waals surface area contributed by atoms with Gasteiger partial charge in [0.1, 0.15) is 0 Å². The van der Waals surface area contributed by atoms with Crippen molar-refractivity contribution in [2.75, 3.05) is 13.2 Å². The van der Waals surface area contributed by atoms with Gasteiger partial charge in [0.15, 0.2) is 0 Å². The van der Waals surface area contributed by atoms with Crippen molar-refractivity contribution in [2.45, 2.75) is 79.1 Å². The first-order valence-electron chi connectivity index (χ1n) is 9.39. The van der Waals surface area contributed by atoms with E-state index in [2.05, 4.69) is 27.7 Å². The summed E-state index contributed by atoms with van der Waals surface area (Å²) in [6.45, 7) is 9.10. The summed E-state index contributed by atoms with van der Waals surface area (Å²) in [7, 11) is -8.53. The normalized spacial score (nSPS) is 14.6. The molecule has 13 heteroatoms. The van der Waals surface area contributed by atoms with Crippen molar-refractivity contribution in [1.29, 1.82) is 0 Å². The molecule has 0 aromatic carbocycles. The molecule has 0 heterocycles. The van der Waals surface area contributed by atoms with Crippen LogP contribution in [-0.2, 0) is 18.2 Å². The van der Waals surface area contributed by atoms with Gasteiger partial charge >= 0.3 is 129 Å². The Balaban J connectivity index is -0.0000000417. The minimum absolute atomic E-state index is 0. The SMILES string of the molecule is CCCCC(CC)COP(=O)(O)OCC(CC)CCCC.O=P(O)(O)O.[Ca+2].[Ca+2].[Ca+2].[H-].[H-].[H-].[H-].[H-].[H-]. The summed E-state index contributed by atoms with van der Waals surface area (Å²) < 4.78 is 31.1. The molecule has 0 saturated carbocycles. The molecule has 29 heavy (non-hydrogen) atoms. The van der Waals surface area contributed by atoms with Crippen LogP contribution in [-0.4, -0.2) is 146 Å². The van der Waals surface area contributed by atoms with Crippen LogP contribution in [0.4, 0.5) is 0 Å². The first-order chi connectivity index (χ1) is 12.0. The zero-order valence-electron chi connectivity index (χ0n) is 24.7. The van der Waals surface area contributed by atoms with Crippen LogP contribution in [0.3, 0.4) is 0 Å². The fourth-order valence-electron chi connectivity index (χ4n) is 2.23. The second kappa shape index (κ2) is 26.6. The van der Waals surface area contributed by atoms with E-state index in [1.165, 1.54) is 0 Å². The summed E-state index contributed by atoms with van der Waals surface area (Å²) in [5.74, 6) is 0.687. The number of phosphoric ester groups is 1. The molecule has 2 atom stereocenters. The van der Waals surface area contributed by atoms with Crippen molar-refractivity contribution in [1.82, 2.24) is 0 Å². The Morgan fingerprint density at radius 3 is 1.21 bits per heavy atom. The Kier molecular flexibility index (Phi) is 39.5. The molecule has 0 aliphatic rings. The molecule has 0 aliphatic heterocycles. The van der Waals surface area contributed by atoms with Crippen LogP contribution in [0.25, 0.3) is 0 Å². The molecule has 0 aromatic heterocycles. The number of hydrogen-bond acceptors (Lipinski definition) is 4. The maximum absolute atomic E-state index is 11.9. The van der Waals surface area contributed by atoms with E-state index in [9.17, 15) is 9.46 Å². The molecule has 0 bridgehead atoms. The van der Waals surface area contributed by atoms with Gasteiger partial charge < -0.3 is 28.1 Å². The van der Waals surface area contributed by atoms with Gasteiger partial charge in [-0.15, -0.1) is 0 Å². The zero-order valence-corrected chi connectivity index (χ0v) is 27.1. The average molecular weight is 547 g/mol. The minimum atomic E-state index is -4.64. The Labute approximate surface area is 275 Å². The topological polar surface area (TPSA) is 134 Å². The van der Waals surface area contributed by atoms with Crippen LogP contribution in [0.2, 0.25) is 0 Å². The molecule has 0 spiro atoms. The fourth-order valence-corrected chi connectivity index (χ4v) is 3.11. The predicted octanol–water partition coefficient (Wildman–Crippen LogP) is 4.16. The third kappa shape index (κ3) is 36.7. The zero-order chi connectivity index (χ0) is 20.6. The van der Waals surface area contributed by atoms with Crippen LogP contribution >= 0.6 is 15.6 Å². The summed E-state index contributed by atoms with van der Waals surface area (Å²) in [6, 6.07) is 0. The maximum Gasteiger partial charge on any atom is 2.00 e. The summed E-state index contributed by atoms with van der Waals surface area (Å²) >= 11 is 0. The number of rotatable bonds is 14. The van der Waals surface area contributed by atoms with Crippen molar-refractivity contribution in [3.63, 3.8) is 0 Å². The van der Waals surface area contributed by atoms with Crippen molar-refractivity contribution in [3.8, 4) is 0 Å². The van der Waals surface area contributed by atoms with E-state index in [1.807, 2.05) is 0 Å². The van der Waals surface area contributed by atoms with Gasteiger partial charge in [-0.05, 0) is 24.7 Å². The standard InChI is InChI=1S/C16H35O4P.3Ca.H3O4P.6H/c1-5-9-11-15(7-3)13-19-21(17,18)20-14-16(8-4)12-10-6-2;;;;1-5(2,3)4;;;;;;/h15-16H,5-14H2,1-4H3,(H,17,18);;;;(H3,1,2,3,4);;;;;;/q;3*+2;;6*-1. The van der Waals surface area contributed by atoms with E-state index in [1.54, 1.807) is 0 Å². The molecule has 0 aromatic rings. The first kappa shape index (κ1) is 43.1. The molecule has 0 aliphatic carbocycles. The summed E-state index contributed by atoms with van der Waals surface area (Å²) in [5.41, 5.74) is 0. The maximum atomic E-state index is 11.9. The Hall–Kier alpha value is 4.00. The van der Waals surface area contributed by atoms with Gasteiger partial charge in [-0.2, -0.15) is 0 Å². The number of unbranched alkanes of at least 4 members (excludes halogenated alkanes) is 2. The molecule has 0 rings (SSSR count). The molecule has 0 fully saturated rings. The summed E-state index contributed by atoms with van der Waals surface area (Å²) in [4.78, 5) is 31.3. The number of hydrogen-bond donors (Lipinski definition) is 4. The second-order valence-corrected chi connectivity index (χ2v) is 8.89. The van der Waals surface area contributed by atoms with Crippen LogP contribution < -0.4 is 0 Å². The van der Waals surface area contributed by atoms with E-state index in [-0.39, 0.29) is 122 Å². The second-order valence-electron chi connectivity index (χ2n) is 6.41. The fraction of sp³-hybridized carbons (Fsp3) is 1.00. The summed E-state index contributed by atoms with van der Waals surface area (Å²) in [5, 5.41) is 0. The molecule has 4 N–H and O–H groups in total. The average Bonchev–Trinajstić information content (AvgIpc) is 2.53. The van der Waals surface area contributed by atoms with E-state index in [4.69, 9.17) is 28.3 Å².